The summed E-state index contributed by atoms with van der Waals surface area (Å²) >= 11 is 0. The highest BCUT2D eigenvalue weighted by molar-refractivity contribution is 6.06. The van der Waals surface area contributed by atoms with Crippen LogP contribution >= 0.6 is 0 Å². The van der Waals surface area contributed by atoms with Crippen molar-refractivity contribution in [2.45, 2.75) is 38.2 Å². The molecule has 0 aliphatic carbocycles. The largest absolute Gasteiger partial charge is 0.489 e. The zero-order chi connectivity index (χ0) is 19.2. The van der Waals surface area contributed by atoms with Crippen molar-refractivity contribution in [3.05, 3.63) is 53.6 Å². The number of carbonyl (C=O) groups excluding carboxylic acids is 1. The minimum atomic E-state index is -0.933. The third-order valence-corrected chi connectivity index (χ3v) is 5.33. The van der Waals surface area contributed by atoms with E-state index < -0.39 is 17.0 Å². The molecule has 2 aliphatic rings. The Hall–Kier alpha value is -2.63. The second-order valence-corrected chi connectivity index (χ2v) is 7.48. The van der Waals surface area contributed by atoms with Gasteiger partial charge in [-0.1, -0.05) is 18.2 Å². The van der Waals surface area contributed by atoms with Crippen LogP contribution in [0.15, 0.2) is 36.4 Å². The Balaban J connectivity index is 1.77. The van der Waals surface area contributed by atoms with Crippen LogP contribution in [0.4, 0.5) is 20.2 Å². The summed E-state index contributed by atoms with van der Waals surface area (Å²) in [5.41, 5.74) is 1.05. The van der Waals surface area contributed by atoms with E-state index in [0.717, 1.165) is 17.3 Å². The number of hydrogen-bond donors (Lipinski definition) is 1. The molecule has 1 fully saturated rings. The zero-order valence-electron chi connectivity index (χ0n) is 15.4. The minimum Gasteiger partial charge on any atom is -0.489 e. The highest BCUT2D eigenvalue weighted by Gasteiger charge is 2.49. The summed E-state index contributed by atoms with van der Waals surface area (Å²) in [6.45, 7) is 4.49. The third-order valence-electron chi connectivity index (χ3n) is 5.33. The molecule has 1 unspecified atom stereocenters. The quantitative estimate of drug-likeness (QED) is 0.876. The standard InChI is InChI=1S/C21H22F2N2O2/c1-13(2)27-17-9-8-15(22)18(23)19(17)25-11-5-10-21(12-25)14-6-3-4-7-16(14)24-20(21)26/h3-4,6-9,13H,5,10-12H2,1-2H3,(H,24,26). The molecule has 1 amide bonds. The number of piperidine rings is 1. The van der Waals surface area contributed by atoms with Gasteiger partial charge in [0.1, 0.15) is 11.4 Å². The van der Waals surface area contributed by atoms with Gasteiger partial charge in [0, 0.05) is 18.8 Å². The molecule has 2 aromatic rings. The molecular formula is C21H22F2N2O2. The van der Waals surface area contributed by atoms with Crippen molar-refractivity contribution in [3.63, 3.8) is 0 Å². The second-order valence-electron chi connectivity index (χ2n) is 7.48. The van der Waals surface area contributed by atoms with Gasteiger partial charge in [0.2, 0.25) is 5.91 Å². The molecule has 2 aromatic carbocycles. The fourth-order valence-electron chi connectivity index (χ4n) is 4.19. The average molecular weight is 372 g/mol. The number of rotatable bonds is 3. The van der Waals surface area contributed by atoms with Gasteiger partial charge in [0.05, 0.1) is 11.5 Å². The van der Waals surface area contributed by atoms with Gasteiger partial charge < -0.3 is 15.0 Å². The Kier molecular flexibility index (Phi) is 4.29. The normalized spacial score (nSPS) is 21.5. The summed E-state index contributed by atoms with van der Waals surface area (Å²) in [5, 5.41) is 2.94. The lowest BCUT2D eigenvalue weighted by atomic mass is 9.75. The summed E-state index contributed by atoms with van der Waals surface area (Å²) in [5.74, 6) is -1.64. The maximum Gasteiger partial charge on any atom is 0.236 e. The molecule has 2 aliphatic heterocycles. The summed E-state index contributed by atoms with van der Waals surface area (Å²) < 4.78 is 34.5. The molecule has 6 heteroatoms. The first-order chi connectivity index (χ1) is 12.9. The first-order valence-electron chi connectivity index (χ1n) is 9.23. The predicted molar refractivity (Wildman–Crippen MR) is 100 cm³/mol. The van der Waals surface area contributed by atoms with E-state index in [1.54, 1.807) is 4.90 Å². The van der Waals surface area contributed by atoms with Crippen LogP contribution in [0.2, 0.25) is 0 Å². The molecule has 1 spiro atoms. The smallest absolute Gasteiger partial charge is 0.236 e. The number of fused-ring (bicyclic) bond motifs is 2. The molecule has 142 valence electrons. The van der Waals surface area contributed by atoms with E-state index in [1.807, 2.05) is 38.1 Å². The molecule has 1 N–H and O–H groups in total. The van der Waals surface area contributed by atoms with Gasteiger partial charge in [-0.15, -0.1) is 0 Å². The minimum absolute atomic E-state index is 0.0865. The Morgan fingerprint density at radius 2 is 1.96 bits per heavy atom. The van der Waals surface area contributed by atoms with Crippen LogP contribution < -0.4 is 15.0 Å². The van der Waals surface area contributed by atoms with E-state index in [1.165, 1.54) is 6.07 Å². The maximum absolute atomic E-state index is 14.8. The Labute approximate surface area is 157 Å². The molecule has 2 heterocycles. The average Bonchev–Trinajstić information content (AvgIpc) is 2.90. The van der Waals surface area contributed by atoms with E-state index in [0.29, 0.717) is 25.1 Å². The van der Waals surface area contributed by atoms with Gasteiger partial charge in [-0.25, -0.2) is 8.78 Å². The SMILES string of the molecule is CC(C)Oc1ccc(F)c(F)c1N1CCCC2(C1)C(=O)Nc1ccccc12. The number of hydrogen-bond acceptors (Lipinski definition) is 3. The van der Waals surface area contributed by atoms with Crippen LogP contribution in [0.3, 0.4) is 0 Å². The Morgan fingerprint density at radius 3 is 2.74 bits per heavy atom. The molecule has 4 rings (SSSR count). The van der Waals surface area contributed by atoms with Crippen LogP contribution in [0, 0.1) is 11.6 Å². The first-order valence-corrected chi connectivity index (χ1v) is 9.23. The Bertz CT molecular complexity index is 900. The number of carbonyl (C=O) groups is 1. The number of para-hydroxylation sites is 1. The van der Waals surface area contributed by atoms with Gasteiger partial charge >= 0.3 is 0 Å². The fraction of sp³-hybridized carbons (Fsp3) is 0.381. The van der Waals surface area contributed by atoms with Crippen molar-refractivity contribution in [3.8, 4) is 5.75 Å². The lowest BCUT2D eigenvalue weighted by Gasteiger charge is -2.41. The maximum atomic E-state index is 14.8. The zero-order valence-corrected chi connectivity index (χ0v) is 15.4. The topological polar surface area (TPSA) is 41.6 Å². The van der Waals surface area contributed by atoms with Crippen molar-refractivity contribution >= 4 is 17.3 Å². The number of anilines is 2. The van der Waals surface area contributed by atoms with Crippen molar-refractivity contribution in [1.29, 1.82) is 0 Å². The monoisotopic (exact) mass is 372 g/mol. The molecule has 4 nitrogen and oxygen atoms in total. The number of halogens is 2. The van der Waals surface area contributed by atoms with Crippen LogP contribution in [0.5, 0.6) is 5.75 Å². The summed E-state index contributed by atoms with van der Waals surface area (Å²) in [6, 6.07) is 10.1. The first kappa shape index (κ1) is 17.8. The molecular weight excluding hydrogens is 350 g/mol. The van der Waals surface area contributed by atoms with Crippen LogP contribution in [0.1, 0.15) is 32.3 Å². The van der Waals surface area contributed by atoms with Crippen molar-refractivity contribution in [1.82, 2.24) is 0 Å². The number of nitrogens with zero attached hydrogens (tertiary/aromatic N) is 1. The molecule has 0 saturated carbocycles. The van der Waals surface area contributed by atoms with Gasteiger partial charge in [0.15, 0.2) is 11.6 Å². The van der Waals surface area contributed by atoms with Gasteiger partial charge in [-0.05, 0) is 50.5 Å². The van der Waals surface area contributed by atoms with Gasteiger partial charge in [-0.2, -0.15) is 0 Å². The summed E-state index contributed by atoms with van der Waals surface area (Å²) in [4.78, 5) is 14.6. The van der Waals surface area contributed by atoms with Gasteiger partial charge in [-0.3, -0.25) is 4.79 Å². The number of nitrogens with one attached hydrogen (secondary N) is 1. The molecule has 27 heavy (non-hydrogen) atoms. The van der Waals surface area contributed by atoms with E-state index >= 15 is 0 Å². The summed E-state index contributed by atoms with van der Waals surface area (Å²) in [6.07, 6.45) is 1.19. The van der Waals surface area contributed by atoms with Gasteiger partial charge in [0.25, 0.3) is 0 Å². The van der Waals surface area contributed by atoms with Crippen LogP contribution in [0.25, 0.3) is 0 Å². The highest BCUT2D eigenvalue weighted by atomic mass is 19.2. The number of benzene rings is 2. The second kappa shape index (κ2) is 6.51. The number of ether oxygens (including phenoxy) is 1. The molecule has 0 bridgehead atoms. The molecule has 1 saturated heterocycles. The Morgan fingerprint density at radius 1 is 1.19 bits per heavy atom. The number of amides is 1. The lowest BCUT2D eigenvalue weighted by molar-refractivity contribution is -0.121. The highest BCUT2D eigenvalue weighted by Crippen LogP contribution is 2.46. The third kappa shape index (κ3) is 2.83. The van der Waals surface area contributed by atoms with E-state index in [-0.39, 0.29) is 24.2 Å². The van der Waals surface area contributed by atoms with E-state index in [9.17, 15) is 13.6 Å². The molecule has 0 aromatic heterocycles. The summed E-state index contributed by atoms with van der Waals surface area (Å²) in [7, 11) is 0. The van der Waals surface area contributed by atoms with Crippen molar-refractivity contribution in [2.24, 2.45) is 0 Å². The lowest BCUT2D eigenvalue weighted by Crippen LogP contribution is -2.50. The van der Waals surface area contributed by atoms with E-state index in [2.05, 4.69) is 5.32 Å². The molecule has 1 atom stereocenters. The van der Waals surface area contributed by atoms with E-state index in [4.69, 9.17) is 4.74 Å². The van der Waals surface area contributed by atoms with Crippen LogP contribution in [-0.4, -0.2) is 25.1 Å². The molecule has 0 radical (unpaired) electrons. The fourth-order valence-corrected chi connectivity index (χ4v) is 4.19. The van der Waals surface area contributed by atoms with Crippen LogP contribution in [-0.2, 0) is 10.2 Å². The van der Waals surface area contributed by atoms with Crippen molar-refractivity contribution < 1.29 is 18.3 Å². The van der Waals surface area contributed by atoms with Crippen molar-refractivity contribution in [2.75, 3.05) is 23.3 Å². The predicted octanol–water partition coefficient (Wildman–Crippen LogP) is 4.24.